The summed E-state index contributed by atoms with van der Waals surface area (Å²) in [6, 6.07) is 11.6. The Morgan fingerprint density at radius 1 is 1.14 bits per heavy atom. The van der Waals surface area contributed by atoms with Crippen LogP contribution in [-0.4, -0.2) is 71.8 Å². The molecule has 1 saturated heterocycles. The van der Waals surface area contributed by atoms with Crippen LogP contribution in [0.1, 0.15) is 54.7 Å². The monoisotopic (exact) mass is 477 g/mol. The van der Waals surface area contributed by atoms with Crippen LogP contribution in [0.3, 0.4) is 0 Å². The van der Waals surface area contributed by atoms with Gasteiger partial charge in [-0.1, -0.05) is 13.0 Å². The van der Waals surface area contributed by atoms with E-state index < -0.39 is 0 Å². The molecular weight excluding hydrogens is 442 g/mol. The Bertz CT molecular complexity index is 1210. The molecule has 3 aromatic rings. The van der Waals surface area contributed by atoms with Crippen LogP contribution in [-0.2, 0) is 0 Å². The molecule has 2 atom stereocenters. The van der Waals surface area contributed by atoms with Crippen LogP contribution in [0.25, 0.3) is 5.65 Å². The molecule has 2 aliphatic heterocycles. The maximum Gasteiger partial charge on any atom is 0.254 e. The van der Waals surface area contributed by atoms with Crippen LogP contribution in [0.5, 0.6) is 5.75 Å². The molecular formula is C26H35N7O2. The number of hydrogen-bond donors (Lipinski definition) is 1. The summed E-state index contributed by atoms with van der Waals surface area (Å²) < 4.78 is 7.88. The highest BCUT2D eigenvalue weighted by atomic mass is 16.5. The quantitative estimate of drug-likeness (QED) is 0.606. The third-order valence-electron chi connectivity index (χ3n) is 7.11. The number of fused-ring (bicyclic) bond motifs is 3. The largest absolute Gasteiger partial charge is 0.494 e. The molecule has 2 aliphatic rings. The van der Waals surface area contributed by atoms with E-state index in [0.717, 1.165) is 74.0 Å². The zero-order chi connectivity index (χ0) is 24.5. The number of ether oxygens (including phenoxy) is 1. The number of aromatic nitrogens is 3. The number of carbonyl (C=O) groups excluding carboxylic acids is 1. The van der Waals surface area contributed by atoms with E-state index in [1.807, 2.05) is 41.9 Å². The minimum Gasteiger partial charge on any atom is -0.494 e. The number of anilines is 2. The van der Waals surface area contributed by atoms with Crippen molar-refractivity contribution in [1.82, 2.24) is 19.5 Å². The third kappa shape index (κ3) is 4.65. The van der Waals surface area contributed by atoms with Crippen molar-refractivity contribution in [3.63, 3.8) is 0 Å². The van der Waals surface area contributed by atoms with Crippen LogP contribution in [0.2, 0.25) is 0 Å². The molecule has 9 heteroatoms. The Morgan fingerprint density at radius 3 is 2.77 bits per heavy atom. The lowest BCUT2D eigenvalue weighted by Gasteiger charge is -2.26. The Labute approximate surface area is 206 Å². The fraction of sp³-hybridized carbons (Fsp3) is 0.500. The van der Waals surface area contributed by atoms with Crippen LogP contribution >= 0.6 is 0 Å². The van der Waals surface area contributed by atoms with E-state index in [1.54, 1.807) is 4.90 Å². The van der Waals surface area contributed by atoms with Crippen LogP contribution in [0, 0.1) is 0 Å². The number of carbonyl (C=O) groups is 1. The van der Waals surface area contributed by atoms with Gasteiger partial charge in [-0.3, -0.25) is 4.79 Å². The zero-order valence-corrected chi connectivity index (χ0v) is 20.9. The van der Waals surface area contributed by atoms with Gasteiger partial charge in [0.25, 0.3) is 5.91 Å². The number of hydrogen-bond acceptors (Lipinski definition) is 7. The Balaban J connectivity index is 1.59. The van der Waals surface area contributed by atoms with Gasteiger partial charge < -0.3 is 25.2 Å². The van der Waals surface area contributed by atoms with Gasteiger partial charge in [0.05, 0.1) is 18.3 Å². The smallest absolute Gasteiger partial charge is 0.254 e. The topological polar surface area (TPSA) is 92.2 Å². The first-order valence-corrected chi connectivity index (χ1v) is 12.6. The molecule has 1 amide bonds. The lowest BCUT2D eigenvalue weighted by Crippen LogP contribution is -2.31. The number of rotatable bonds is 2. The van der Waals surface area contributed by atoms with E-state index >= 15 is 0 Å². The fourth-order valence-electron chi connectivity index (χ4n) is 5.06. The molecule has 2 unspecified atom stereocenters. The second kappa shape index (κ2) is 9.73. The molecule has 0 aliphatic carbocycles. The summed E-state index contributed by atoms with van der Waals surface area (Å²) in [4.78, 5) is 24.6. The highest BCUT2D eigenvalue weighted by Crippen LogP contribution is 2.30. The second-order valence-corrected chi connectivity index (χ2v) is 9.65. The van der Waals surface area contributed by atoms with E-state index in [0.29, 0.717) is 12.2 Å². The average molecular weight is 478 g/mol. The molecule has 0 saturated carbocycles. The van der Waals surface area contributed by atoms with E-state index in [9.17, 15) is 4.79 Å². The summed E-state index contributed by atoms with van der Waals surface area (Å²) in [6.07, 6.45) is 3.58. The third-order valence-corrected chi connectivity index (χ3v) is 7.11. The molecule has 2 N–H and O–H groups in total. The maximum absolute atomic E-state index is 13.4. The Hall–Kier alpha value is -3.33. The van der Waals surface area contributed by atoms with Gasteiger partial charge in [0.15, 0.2) is 5.65 Å². The Kier molecular flexibility index (Phi) is 6.51. The SMILES string of the molecule is CCC1c2cc3nc(N4CCC(N)C4)cc(n3n2)N(C)CCCCOc2cccc(c2)C(=O)N1C. The highest BCUT2D eigenvalue weighted by Gasteiger charge is 2.27. The first-order chi connectivity index (χ1) is 16.9. The van der Waals surface area contributed by atoms with E-state index in [-0.39, 0.29) is 18.0 Å². The van der Waals surface area contributed by atoms with Gasteiger partial charge >= 0.3 is 0 Å². The molecule has 2 aromatic heterocycles. The van der Waals surface area contributed by atoms with Crippen molar-refractivity contribution in [1.29, 1.82) is 0 Å². The average Bonchev–Trinajstić information content (AvgIpc) is 3.48. The molecule has 0 spiro atoms. The number of nitrogens with zero attached hydrogens (tertiary/aromatic N) is 6. The number of nitrogens with two attached hydrogens (primary N) is 1. The van der Waals surface area contributed by atoms with Crippen molar-refractivity contribution in [3.8, 4) is 5.75 Å². The van der Waals surface area contributed by atoms with Crippen LogP contribution < -0.4 is 20.3 Å². The van der Waals surface area contributed by atoms with Crippen molar-refractivity contribution in [3.05, 3.63) is 47.7 Å². The minimum absolute atomic E-state index is 0.0523. The summed E-state index contributed by atoms with van der Waals surface area (Å²) in [6.45, 7) is 5.25. The van der Waals surface area contributed by atoms with Gasteiger partial charge in [0.1, 0.15) is 17.4 Å². The molecule has 4 heterocycles. The maximum atomic E-state index is 13.4. The molecule has 5 rings (SSSR count). The van der Waals surface area contributed by atoms with Gasteiger partial charge in [-0.05, 0) is 43.9 Å². The van der Waals surface area contributed by atoms with Crippen molar-refractivity contribution < 1.29 is 9.53 Å². The normalized spacial score (nSPS) is 21.7. The van der Waals surface area contributed by atoms with Gasteiger partial charge in [-0.2, -0.15) is 9.61 Å². The molecule has 1 fully saturated rings. The minimum atomic E-state index is -0.177. The summed E-state index contributed by atoms with van der Waals surface area (Å²) in [5.74, 6) is 2.58. The predicted molar refractivity (Wildman–Crippen MR) is 137 cm³/mol. The van der Waals surface area contributed by atoms with Gasteiger partial charge in [0, 0.05) is 57.5 Å². The van der Waals surface area contributed by atoms with Crippen molar-refractivity contribution in [2.75, 3.05) is 50.1 Å². The van der Waals surface area contributed by atoms with E-state index in [4.69, 9.17) is 20.6 Å². The molecule has 4 bridgehead atoms. The lowest BCUT2D eigenvalue weighted by molar-refractivity contribution is 0.0722. The molecule has 186 valence electrons. The van der Waals surface area contributed by atoms with Crippen molar-refractivity contribution in [2.24, 2.45) is 5.73 Å². The summed E-state index contributed by atoms with van der Waals surface area (Å²) in [5, 5.41) is 4.98. The number of amides is 1. The Morgan fingerprint density at radius 2 is 2.00 bits per heavy atom. The van der Waals surface area contributed by atoms with Gasteiger partial charge in [-0.15, -0.1) is 0 Å². The van der Waals surface area contributed by atoms with Crippen molar-refractivity contribution >= 4 is 23.2 Å². The highest BCUT2D eigenvalue weighted by molar-refractivity contribution is 5.94. The first-order valence-electron chi connectivity index (χ1n) is 12.6. The predicted octanol–water partition coefficient (Wildman–Crippen LogP) is 3.10. The molecule has 1 aromatic carbocycles. The number of benzene rings is 1. The van der Waals surface area contributed by atoms with Gasteiger partial charge in [0.2, 0.25) is 0 Å². The first kappa shape index (κ1) is 23.4. The molecule has 9 nitrogen and oxygen atoms in total. The summed E-state index contributed by atoms with van der Waals surface area (Å²) in [5.41, 5.74) is 8.42. The molecule has 35 heavy (non-hydrogen) atoms. The standard InChI is InChI=1S/C26H35N7O2/c1-4-22-21-15-24-28-23(32-12-10-19(27)17-32)16-25(33(24)29-21)30(2)11-5-6-13-35-20-9-7-8-18(14-20)26(34)31(22)3/h7-9,14-16,19,22H,4-6,10-13,17,27H2,1-3H3. The van der Waals surface area contributed by atoms with Crippen LogP contribution in [0.4, 0.5) is 11.6 Å². The zero-order valence-electron chi connectivity index (χ0n) is 20.9. The van der Waals surface area contributed by atoms with Crippen molar-refractivity contribution in [2.45, 2.75) is 44.7 Å². The lowest BCUT2D eigenvalue weighted by atomic mass is 10.1. The van der Waals surface area contributed by atoms with Crippen LogP contribution in [0.15, 0.2) is 36.4 Å². The fourth-order valence-corrected chi connectivity index (χ4v) is 5.06. The summed E-state index contributed by atoms with van der Waals surface area (Å²) in [7, 11) is 3.94. The van der Waals surface area contributed by atoms with E-state index in [1.165, 1.54) is 0 Å². The van der Waals surface area contributed by atoms with Gasteiger partial charge in [-0.25, -0.2) is 4.98 Å². The summed E-state index contributed by atoms with van der Waals surface area (Å²) >= 11 is 0. The molecule has 0 radical (unpaired) electrons. The van der Waals surface area contributed by atoms with E-state index in [2.05, 4.69) is 29.8 Å². The second-order valence-electron chi connectivity index (χ2n) is 9.65.